The van der Waals surface area contributed by atoms with Crippen molar-refractivity contribution in [2.75, 3.05) is 20.8 Å². The Labute approximate surface area is 87.8 Å². The highest BCUT2D eigenvalue weighted by atomic mass is 16.5. The summed E-state index contributed by atoms with van der Waals surface area (Å²) in [6.45, 7) is 5.84. The van der Waals surface area contributed by atoms with Crippen molar-refractivity contribution in [1.82, 2.24) is 4.90 Å². The largest absolute Gasteiger partial charge is 0.382 e. The lowest BCUT2D eigenvalue weighted by Crippen LogP contribution is -2.52. The molecule has 3 heteroatoms. The Hall–Kier alpha value is -0.410. The second-order valence-electron chi connectivity index (χ2n) is 4.33. The summed E-state index contributed by atoms with van der Waals surface area (Å²) in [7, 11) is 3.51. The molecule has 0 bridgehead atoms. The number of ether oxygens (including phenoxy) is 1. The minimum absolute atomic E-state index is 0.0662. The van der Waals surface area contributed by atoms with Crippen molar-refractivity contribution < 1.29 is 10.9 Å². The van der Waals surface area contributed by atoms with Gasteiger partial charge in [0.2, 0.25) is 0 Å². The van der Waals surface area contributed by atoms with E-state index in [2.05, 4.69) is 0 Å². The lowest BCUT2D eigenvalue weighted by molar-refractivity contribution is -0.130. The van der Waals surface area contributed by atoms with Crippen LogP contribution in [-0.2, 0) is 9.53 Å². The van der Waals surface area contributed by atoms with E-state index in [1.165, 1.54) is 0 Å². The van der Waals surface area contributed by atoms with E-state index in [0.29, 0.717) is 13.0 Å². The van der Waals surface area contributed by atoms with Crippen LogP contribution in [0.4, 0.5) is 0 Å². The Morgan fingerprint density at radius 2 is 2.29 bits per heavy atom. The van der Waals surface area contributed by atoms with Gasteiger partial charge in [-0.3, -0.25) is 9.69 Å². The van der Waals surface area contributed by atoms with Crippen molar-refractivity contribution in [3.8, 4) is 0 Å². The van der Waals surface area contributed by atoms with Gasteiger partial charge in [-0.2, -0.15) is 0 Å². The summed E-state index contributed by atoms with van der Waals surface area (Å²) in [5.41, 5.74) is -0.606. The van der Waals surface area contributed by atoms with Gasteiger partial charge in [0, 0.05) is 14.5 Å². The zero-order chi connectivity index (χ0) is 11.9. The molecule has 0 aromatic rings. The molecule has 0 spiro atoms. The van der Waals surface area contributed by atoms with Gasteiger partial charge in [-0.25, -0.2) is 0 Å². The summed E-state index contributed by atoms with van der Waals surface area (Å²) in [5, 5.41) is 0. The predicted molar refractivity (Wildman–Crippen MR) is 56.3 cm³/mol. The summed E-state index contributed by atoms with van der Waals surface area (Å²) in [6.07, 6.45) is 0.542. The van der Waals surface area contributed by atoms with Crippen LogP contribution in [0.3, 0.4) is 0 Å². The van der Waals surface area contributed by atoms with Crippen LogP contribution >= 0.6 is 0 Å². The van der Waals surface area contributed by atoms with Crippen molar-refractivity contribution in [2.45, 2.75) is 38.8 Å². The molecule has 1 heterocycles. The Balaban J connectivity index is 3.06. The molecule has 1 rings (SSSR count). The third kappa shape index (κ3) is 1.59. The molecule has 3 nitrogen and oxygen atoms in total. The summed E-state index contributed by atoms with van der Waals surface area (Å²) < 4.78 is 13.4. The molecule has 1 aliphatic rings. The fourth-order valence-corrected chi connectivity index (χ4v) is 2.30. The van der Waals surface area contributed by atoms with Gasteiger partial charge < -0.3 is 4.74 Å². The minimum Gasteiger partial charge on any atom is -0.382 e. The smallest absolute Gasteiger partial charge is 0.152 e. The molecule has 0 radical (unpaired) electrons. The monoisotopic (exact) mass is 201 g/mol. The van der Waals surface area contributed by atoms with Gasteiger partial charge >= 0.3 is 0 Å². The van der Waals surface area contributed by atoms with Crippen LogP contribution in [0.1, 0.15) is 28.6 Å². The van der Waals surface area contributed by atoms with Crippen LogP contribution in [0.5, 0.6) is 0 Å². The van der Waals surface area contributed by atoms with E-state index in [1.54, 1.807) is 14.0 Å². The molecule has 0 aromatic heterocycles. The average molecular weight is 201 g/mol. The fraction of sp³-hybridized carbons (Fsp3) is 0.909. The molecular weight excluding hydrogens is 178 g/mol. The standard InChI is InChI=1S/C11H21NO2/c1-8-6-11(7-14-5,10(3)13)12(4)9(8)2/h8-9H,6-7H2,1-5H3/i8T. The second-order valence-corrected chi connectivity index (χ2v) is 4.33. The second kappa shape index (κ2) is 3.99. The van der Waals surface area contributed by atoms with Gasteiger partial charge in [0.25, 0.3) is 0 Å². The van der Waals surface area contributed by atoms with E-state index in [9.17, 15) is 4.79 Å². The quantitative estimate of drug-likeness (QED) is 0.689. The van der Waals surface area contributed by atoms with Crippen molar-refractivity contribution >= 4 is 5.78 Å². The molecule has 0 aromatic carbocycles. The van der Waals surface area contributed by atoms with Crippen molar-refractivity contribution in [3.05, 3.63) is 0 Å². The topological polar surface area (TPSA) is 29.5 Å². The van der Waals surface area contributed by atoms with E-state index in [1.807, 2.05) is 25.8 Å². The SMILES string of the molecule is [3H]C1(C)CC(COC)(C(C)=O)N(C)C1C. The summed E-state index contributed by atoms with van der Waals surface area (Å²) in [6, 6.07) is 0.0662. The average Bonchev–Trinajstić information content (AvgIpc) is 2.29. The first-order valence-corrected chi connectivity index (χ1v) is 5.01. The molecule has 14 heavy (non-hydrogen) atoms. The number of rotatable bonds is 3. The molecule has 1 saturated heterocycles. The van der Waals surface area contributed by atoms with Crippen molar-refractivity contribution in [1.29, 1.82) is 0 Å². The number of carbonyl (C=O) groups is 1. The first kappa shape index (κ1) is 10.1. The molecule has 82 valence electrons. The van der Waals surface area contributed by atoms with E-state index in [-0.39, 0.29) is 11.8 Å². The van der Waals surface area contributed by atoms with Gasteiger partial charge in [0.05, 0.1) is 6.61 Å². The van der Waals surface area contributed by atoms with Crippen LogP contribution in [0.2, 0.25) is 0 Å². The maximum absolute atomic E-state index is 11.8. The maximum atomic E-state index is 11.8. The maximum Gasteiger partial charge on any atom is 0.152 e. The van der Waals surface area contributed by atoms with Gasteiger partial charge in [-0.15, -0.1) is 0 Å². The minimum atomic E-state index is -0.606. The fourth-order valence-electron chi connectivity index (χ4n) is 2.30. The van der Waals surface area contributed by atoms with E-state index in [4.69, 9.17) is 6.11 Å². The molecule has 1 aliphatic heterocycles. The van der Waals surface area contributed by atoms with E-state index in [0.717, 1.165) is 0 Å². The number of likely N-dealkylation sites (N-methyl/N-ethyl adjacent to an activating group) is 1. The third-order valence-electron chi connectivity index (χ3n) is 3.58. The molecule has 0 N–H and O–H groups in total. The number of ketones is 1. The third-order valence-corrected chi connectivity index (χ3v) is 3.58. The zero-order valence-corrected chi connectivity index (χ0v) is 9.76. The summed E-state index contributed by atoms with van der Waals surface area (Å²) in [5.74, 6) is -0.492. The lowest BCUT2D eigenvalue weighted by Gasteiger charge is -2.34. The van der Waals surface area contributed by atoms with Crippen LogP contribution in [0.25, 0.3) is 0 Å². The van der Waals surface area contributed by atoms with E-state index < -0.39 is 11.4 Å². The number of hydrogen-bond donors (Lipinski definition) is 0. The number of Topliss-reactive ketones (excluding diaryl/α,β-unsaturated/α-hetero) is 1. The van der Waals surface area contributed by atoms with Gasteiger partial charge in [-0.1, -0.05) is 6.92 Å². The Kier molecular flexibility index (Phi) is 2.88. The Morgan fingerprint density at radius 1 is 1.71 bits per heavy atom. The van der Waals surface area contributed by atoms with Crippen molar-refractivity contribution in [3.63, 3.8) is 0 Å². The molecule has 0 amide bonds. The Morgan fingerprint density at radius 3 is 2.57 bits per heavy atom. The van der Waals surface area contributed by atoms with Crippen LogP contribution in [0.15, 0.2) is 0 Å². The normalized spacial score (nSPS) is 45.2. The van der Waals surface area contributed by atoms with Gasteiger partial charge in [-0.05, 0) is 33.2 Å². The molecule has 3 unspecified atom stereocenters. The Bertz CT molecular complexity index is 267. The molecule has 3 atom stereocenters. The summed E-state index contributed by atoms with van der Waals surface area (Å²) >= 11 is 0. The van der Waals surface area contributed by atoms with E-state index >= 15 is 0 Å². The van der Waals surface area contributed by atoms with Crippen LogP contribution in [0, 0.1) is 5.89 Å². The molecule has 1 fully saturated rings. The number of methoxy groups -OCH3 is 1. The van der Waals surface area contributed by atoms with Crippen molar-refractivity contribution in [2.24, 2.45) is 5.89 Å². The zero-order valence-electron chi connectivity index (χ0n) is 10.8. The first-order valence-electron chi connectivity index (χ1n) is 5.51. The summed E-state index contributed by atoms with van der Waals surface area (Å²) in [4.78, 5) is 13.8. The number of carbonyl (C=O) groups excluding carboxylic acids is 1. The van der Waals surface area contributed by atoms with Gasteiger partial charge in [0.15, 0.2) is 5.78 Å². The number of hydrogen-bond acceptors (Lipinski definition) is 3. The molecule has 0 saturated carbocycles. The predicted octanol–water partition coefficient (Wildman–Crippen LogP) is 1.32. The lowest BCUT2D eigenvalue weighted by atomic mass is 9.89. The van der Waals surface area contributed by atoms with Gasteiger partial charge in [0.1, 0.15) is 5.54 Å². The highest BCUT2D eigenvalue weighted by Gasteiger charge is 2.49. The highest BCUT2D eigenvalue weighted by molar-refractivity contribution is 5.86. The molecule has 0 aliphatic carbocycles. The van der Waals surface area contributed by atoms with Crippen LogP contribution in [-0.4, -0.2) is 43.0 Å². The van der Waals surface area contributed by atoms with Crippen LogP contribution < -0.4 is 0 Å². The first-order chi connectivity index (χ1) is 6.78. The molecular formula is C11H21NO2. The number of likely N-dealkylation sites (tertiary alicyclic amines) is 1. The number of nitrogens with zero attached hydrogens (tertiary/aromatic N) is 1. The highest BCUT2D eigenvalue weighted by Crippen LogP contribution is 2.37.